The molecule has 0 unspecified atom stereocenters. The topological polar surface area (TPSA) is 39.2 Å². The minimum Gasteiger partial charge on any atom is -0.464 e. The third-order valence-electron chi connectivity index (χ3n) is 2.59. The van der Waals surface area contributed by atoms with Crippen LogP contribution < -0.4 is 0 Å². The van der Waals surface area contributed by atoms with Gasteiger partial charge in [0.1, 0.15) is 10.8 Å². The molecule has 0 aliphatic carbocycles. The molecular weight excluding hydrogens is 253 g/mol. The lowest BCUT2D eigenvalue weighted by atomic mass is 10.1. The van der Waals surface area contributed by atoms with Crippen LogP contribution in [0.5, 0.6) is 0 Å². The summed E-state index contributed by atoms with van der Waals surface area (Å²) in [5, 5.41) is 0.617. The number of ether oxygens (including phenoxy) is 1. The molecule has 0 radical (unpaired) electrons. The van der Waals surface area contributed by atoms with E-state index >= 15 is 0 Å². The van der Waals surface area contributed by atoms with Gasteiger partial charge in [0.05, 0.1) is 7.11 Å². The van der Waals surface area contributed by atoms with Gasteiger partial charge in [0.25, 0.3) is 0 Å². The van der Waals surface area contributed by atoms with Gasteiger partial charge in [-0.05, 0) is 25.5 Å². The molecule has 5 heteroatoms. The number of carbonyl (C=O) groups excluding carboxylic acids is 1. The van der Waals surface area contributed by atoms with E-state index in [1.165, 1.54) is 24.5 Å². The molecule has 0 aliphatic rings. The minimum absolute atomic E-state index is 0.278. The molecule has 0 saturated heterocycles. The molecular formula is C13H12FNO2S. The van der Waals surface area contributed by atoms with Crippen LogP contribution in [0, 0.1) is 19.7 Å². The Bertz CT molecular complexity index is 607. The van der Waals surface area contributed by atoms with Crippen LogP contribution >= 0.6 is 11.3 Å². The maximum atomic E-state index is 13.5. The maximum Gasteiger partial charge on any atom is 0.357 e. The fraction of sp³-hybridized carbons (Fsp3) is 0.231. The van der Waals surface area contributed by atoms with Crippen LogP contribution in [-0.4, -0.2) is 18.1 Å². The van der Waals surface area contributed by atoms with Crippen molar-refractivity contribution in [2.45, 2.75) is 13.8 Å². The van der Waals surface area contributed by atoms with E-state index in [1.54, 1.807) is 26.0 Å². The molecule has 2 rings (SSSR count). The first-order valence-electron chi connectivity index (χ1n) is 5.35. The van der Waals surface area contributed by atoms with Gasteiger partial charge in [0, 0.05) is 10.4 Å². The summed E-state index contributed by atoms with van der Waals surface area (Å²) >= 11 is 1.35. The van der Waals surface area contributed by atoms with Crippen molar-refractivity contribution < 1.29 is 13.9 Å². The lowest BCUT2D eigenvalue weighted by Gasteiger charge is -1.99. The third-order valence-corrected chi connectivity index (χ3v) is 3.61. The number of aromatic nitrogens is 1. The van der Waals surface area contributed by atoms with E-state index in [0.29, 0.717) is 21.8 Å². The molecule has 0 N–H and O–H groups in total. The van der Waals surface area contributed by atoms with Gasteiger partial charge in [-0.3, -0.25) is 0 Å². The zero-order chi connectivity index (χ0) is 13.3. The Morgan fingerprint density at radius 2 is 2.11 bits per heavy atom. The normalized spacial score (nSPS) is 10.4. The van der Waals surface area contributed by atoms with Gasteiger partial charge in [0.15, 0.2) is 5.69 Å². The average Bonchev–Trinajstić information content (AvgIpc) is 2.74. The second-order valence-electron chi connectivity index (χ2n) is 3.88. The van der Waals surface area contributed by atoms with Crippen LogP contribution in [0.1, 0.15) is 20.9 Å². The Balaban J connectivity index is 2.45. The molecule has 0 amide bonds. The van der Waals surface area contributed by atoms with Gasteiger partial charge in [-0.2, -0.15) is 0 Å². The smallest absolute Gasteiger partial charge is 0.357 e. The van der Waals surface area contributed by atoms with Gasteiger partial charge in [0.2, 0.25) is 0 Å². The Morgan fingerprint density at radius 3 is 2.72 bits per heavy atom. The number of rotatable bonds is 2. The number of thiazole rings is 1. The summed E-state index contributed by atoms with van der Waals surface area (Å²) in [7, 11) is 1.31. The molecule has 18 heavy (non-hydrogen) atoms. The van der Waals surface area contributed by atoms with E-state index in [4.69, 9.17) is 0 Å². The highest BCUT2D eigenvalue weighted by Crippen LogP contribution is 2.29. The van der Waals surface area contributed by atoms with Crippen LogP contribution in [-0.2, 0) is 4.74 Å². The standard InChI is InChI=1S/C13H12FNO2S/c1-7-4-5-9(6-10(7)14)12-15-11(8(2)18-12)13(16)17-3/h4-6H,1-3H3. The highest BCUT2D eigenvalue weighted by molar-refractivity contribution is 7.15. The number of hydrogen-bond donors (Lipinski definition) is 0. The van der Waals surface area contributed by atoms with Gasteiger partial charge in [-0.25, -0.2) is 14.2 Å². The van der Waals surface area contributed by atoms with Crippen molar-refractivity contribution in [1.82, 2.24) is 4.98 Å². The van der Waals surface area contributed by atoms with Crippen LogP contribution in [0.3, 0.4) is 0 Å². The van der Waals surface area contributed by atoms with Crippen LogP contribution in [0.25, 0.3) is 10.6 Å². The molecule has 0 fully saturated rings. The summed E-state index contributed by atoms with van der Waals surface area (Å²) in [6.45, 7) is 3.49. The number of aryl methyl sites for hydroxylation is 2. The van der Waals surface area contributed by atoms with Crippen molar-refractivity contribution in [3.8, 4) is 10.6 Å². The Hall–Kier alpha value is -1.75. The van der Waals surface area contributed by atoms with Gasteiger partial charge in [-0.1, -0.05) is 12.1 Å². The lowest BCUT2D eigenvalue weighted by Crippen LogP contribution is -2.03. The summed E-state index contributed by atoms with van der Waals surface area (Å²) < 4.78 is 18.1. The molecule has 0 bridgehead atoms. The number of methoxy groups -OCH3 is 1. The highest BCUT2D eigenvalue weighted by Gasteiger charge is 2.16. The molecule has 1 aromatic carbocycles. The number of benzene rings is 1. The average molecular weight is 265 g/mol. The van der Waals surface area contributed by atoms with Crippen LogP contribution in [0.15, 0.2) is 18.2 Å². The fourth-order valence-electron chi connectivity index (χ4n) is 1.53. The first kappa shape index (κ1) is 12.7. The fourth-order valence-corrected chi connectivity index (χ4v) is 2.43. The zero-order valence-electron chi connectivity index (χ0n) is 10.3. The largest absolute Gasteiger partial charge is 0.464 e. The first-order valence-corrected chi connectivity index (χ1v) is 6.17. The van der Waals surface area contributed by atoms with Crippen molar-refractivity contribution in [2.75, 3.05) is 7.11 Å². The summed E-state index contributed by atoms with van der Waals surface area (Å²) in [4.78, 5) is 16.4. The summed E-state index contributed by atoms with van der Waals surface area (Å²) in [5.74, 6) is -0.748. The van der Waals surface area contributed by atoms with Gasteiger partial charge >= 0.3 is 5.97 Å². The summed E-state index contributed by atoms with van der Waals surface area (Å²) in [6, 6.07) is 4.91. The van der Waals surface area contributed by atoms with Crippen LogP contribution in [0.4, 0.5) is 4.39 Å². The molecule has 0 aliphatic heterocycles. The molecule has 0 atom stereocenters. The van der Waals surface area contributed by atoms with Crippen molar-refractivity contribution in [3.63, 3.8) is 0 Å². The quantitative estimate of drug-likeness (QED) is 0.782. The SMILES string of the molecule is COC(=O)c1nc(-c2ccc(C)c(F)c2)sc1C. The lowest BCUT2D eigenvalue weighted by molar-refractivity contribution is 0.0594. The predicted octanol–water partition coefficient (Wildman–Crippen LogP) is 3.35. The highest BCUT2D eigenvalue weighted by atomic mass is 32.1. The van der Waals surface area contributed by atoms with Crippen molar-refractivity contribution >= 4 is 17.3 Å². The van der Waals surface area contributed by atoms with Gasteiger partial charge in [-0.15, -0.1) is 11.3 Å². The number of esters is 1. The molecule has 0 spiro atoms. The van der Waals surface area contributed by atoms with Gasteiger partial charge < -0.3 is 4.74 Å². The number of nitrogens with zero attached hydrogens (tertiary/aromatic N) is 1. The number of hydrogen-bond acceptors (Lipinski definition) is 4. The van der Waals surface area contributed by atoms with E-state index in [2.05, 4.69) is 9.72 Å². The van der Waals surface area contributed by atoms with E-state index < -0.39 is 5.97 Å². The van der Waals surface area contributed by atoms with Crippen molar-refractivity contribution in [2.24, 2.45) is 0 Å². The zero-order valence-corrected chi connectivity index (χ0v) is 11.1. The van der Waals surface area contributed by atoms with E-state index in [9.17, 15) is 9.18 Å². The van der Waals surface area contributed by atoms with Crippen molar-refractivity contribution in [1.29, 1.82) is 0 Å². The van der Waals surface area contributed by atoms with E-state index in [1.807, 2.05) is 0 Å². The molecule has 94 valence electrons. The number of carbonyl (C=O) groups is 1. The second-order valence-corrected chi connectivity index (χ2v) is 5.08. The summed E-state index contributed by atoms with van der Waals surface area (Å²) in [6.07, 6.45) is 0. The number of halogens is 1. The maximum absolute atomic E-state index is 13.5. The van der Waals surface area contributed by atoms with Crippen molar-refractivity contribution in [3.05, 3.63) is 40.2 Å². The first-order chi connectivity index (χ1) is 8.52. The molecule has 3 nitrogen and oxygen atoms in total. The molecule has 1 heterocycles. The Kier molecular flexibility index (Phi) is 3.43. The second kappa shape index (κ2) is 4.86. The van der Waals surface area contributed by atoms with Crippen LogP contribution in [0.2, 0.25) is 0 Å². The minimum atomic E-state index is -0.470. The Labute approximate surface area is 108 Å². The predicted molar refractivity (Wildman–Crippen MR) is 68.3 cm³/mol. The molecule has 0 saturated carbocycles. The molecule has 2 aromatic rings. The molecule has 1 aromatic heterocycles. The third kappa shape index (κ3) is 2.26. The monoisotopic (exact) mass is 265 g/mol. The van der Waals surface area contributed by atoms with E-state index in [0.717, 1.165) is 4.88 Å². The van der Waals surface area contributed by atoms with E-state index in [-0.39, 0.29) is 5.82 Å². The summed E-state index contributed by atoms with van der Waals surface area (Å²) in [5.41, 5.74) is 1.54. The Morgan fingerprint density at radius 1 is 1.39 bits per heavy atom.